The van der Waals surface area contributed by atoms with Crippen LogP contribution in [0.1, 0.15) is 52.1 Å². The number of hydrogen-bond acceptors (Lipinski definition) is 5. The summed E-state index contributed by atoms with van der Waals surface area (Å²) >= 11 is 0. The summed E-state index contributed by atoms with van der Waals surface area (Å²) in [7, 11) is -3.97. The lowest BCUT2D eigenvalue weighted by Gasteiger charge is -2.36. The summed E-state index contributed by atoms with van der Waals surface area (Å²) < 4.78 is 53.9. The Hall–Kier alpha value is -1.81. The molecule has 1 atom stereocenters. The molecule has 1 aromatic rings. The Morgan fingerprint density at radius 3 is 2.58 bits per heavy atom. The van der Waals surface area contributed by atoms with Gasteiger partial charge in [-0.2, -0.15) is 4.31 Å². The number of aryl methyl sites for hydroxylation is 1. The maximum atomic E-state index is 13.6. The highest BCUT2D eigenvalue weighted by Crippen LogP contribution is 2.35. The van der Waals surface area contributed by atoms with Crippen molar-refractivity contribution >= 4 is 21.7 Å². The molecular weight excluding hydrogens is 426 g/mol. The Kier molecular flexibility index (Phi) is 7.20. The Morgan fingerprint density at radius 1 is 1.32 bits per heavy atom. The van der Waals surface area contributed by atoms with Crippen molar-refractivity contribution in [3.05, 3.63) is 17.8 Å². The van der Waals surface area contributed by atoms with Crippen molar-refractivity contribution in [1.29, 1.82) is 0 Å². The molecule has 0 spiro atoms. The van der Waals surface area contributed by atoms with Gasteiger partial charge in [-0.1, -0.05) is 0 Å². The van der Waals surface area contributed by atoms with Gasteiger partial charge in [-0.3, -0.25) is 4.79 Å². The fourth-order valence-corrected chi connectivity index (χ4v) is 6.19. The summed E-state index contributed by atoms with van der Waals surface area (Å²) in [5.41, 5.74) is 0.710. The number of halogens is 2. The quantitative estimate of drug-likeness (QED) is 0.648. The Labute approximate surface area is 183 Å². The first-order chi connectivity index (χ1) is 14.6. The molecule has 1 amide bonds. The van der Waals surface area contributed by atoms with Gasteiger partial charge < -0.3 is 10.2 Å². The number of rotatable bonds is 8. The predicted molar refractivity (Wildman–Crippen MR) is 115 cm³/mol. The van der Waals surface area contributed by atoms with Crippen LogP contribution in [-0.4, -0.2) is 61.3 Å². The van der Waals surface area contributed by atoms with E-state index in [1.807, 2.05) is 32.6 Å². The van der Waals surface area contributed by atoms with Crippen LogP contribution in [-0.2, 0) is 14.8 Å². The second-order valence-electron chi connectivity index (χ2n) is 8.70. The van der Waals surface area contributed by atoms with Gasteiger partial charge in [0.15, 0.2) is 0 Å². The molecule has 2 aliphatic rings. The summed E-state index contributed by atoms with van der Waals surface area (Å²) in [5, 5.41) is 2.77. The van der Waals surface area contributed by atoms with Crippen molar-refractivity contribution in [2.24, 2.45) is 5.92 Å². The van der Waals surface area contributed by atoms with Gasteiger partial charge in [-0.05, 0) is 65.5 Å². The van der Waals surface area contributed by atoms with Crippen LogP contribution >= 0.6 is 0 Å². The van der Waals surface area contributed by atoms with Gasteiger partial charge in [0.25, 0.3) is 0 Å². The minimum absolute atomic E-state index is 0.0484. The molecule has 0 bridgehead atoms. The van der Waals surface area contributed by atoms with Crippen LogP contribution in [0.25, 0.3) is 0 Å². The van der Waals surface area contributed by atoms with E-state index in [9.17, 15) is 22.0 Å². The molecule has 174 valence electrons. The van der Waals surface area contributed by atoms with Crippen LogP contribution in [0.2, 0.25) is 0 Å². The molecule has 1 saturated carbocycles. The number of nitrogens with one attached hydrogen (secondary N) is 1. The molecule has 7 nitrogen and oxygen atoms in total. The van der Waals surface area contributed by atoms with Crippen LogP contribution in [0, 0.1) is 12.8 Å². The van der Waals surface area contributed by atoms with E-state index < -0.39 is 34.3 Å². The topological polar surface area (TPSA) is 82.6 Å². The Bertz CT molecular complexity index is 904. The summed E-state index contributed by atoms with van der Waals surface area (Å²) in [5.74, 6) is -0.704. The number of nitrogens with zero attached hydrogens (tertiary/aromatic N) is 3. The van der Waals surface area contributed by atoms with E-state index in [1.165, 1.54) is 4.31 Å². The second kappa shape index (κ2) is 9.36. The minimum atomic E-state index is -3.97. The summed E-state index contributed by atoms with van der Waals surface area (Å²) in [4.78, 5) is 19.4. The maximum Gasteiger partial charge on any atom is 0.247 e. The SMILES string of the molecule is CCN(c1nc(C)ccc1S(=O)(=O)N1CCC[C@H]1C(=O)NC1CC(C(F)F)C1)C(C)C. The number of amides is 1. The highest BCUT2D eigenvalue weighted by molar-refractivity contribution is 7.89. The van der Waals surface area contributed by atoms with Gasteiger partial charge in [0.1, 0.15) is 16.8 Å². The molecular formula is C21H32F2N4O3S. The van der Waals surface area contributed by atoms with Gasteiger partial charge in [0.05, 0.1) is 0 Å². The van der Waals surface area contributed by atoms with E-state index in [0.717, 1.165) is 0 Å². The van der Waals surface area contributed by atoms with Gasteiger partial charge in [0.2, 0.25) is 22.4 Å². The van der Waals surface area contributed by atoms with Crippen LogP contribution in [0.15, 0.2) is 17.0 Å². The molecule has 1 aromatic heterocycles. The molecule has 0 radical (unpaired) electrons. The molecule has 3 rings (SSSR count). The number of anilines is 1. The van der Waals surface area contributed by atoms with E-state index in [4.69, 9.17) is 0 Å². The van der Waals surface area contributed by atoms with Gasteiger partial charge >= 0.3 is 0 Å². The molecule has 0 aromatic carbocycles. The van der Waals surface area contributed by atoms with Crippen LogP contribution in [0.4, 0.5) is 14.6 Å². The van der Waals surface area contributed by atoms with E-state index in [1.54, 1.807) is 12.1 Å². The molecule has 0 unspecified atom stereocenters. The third-order valence-electron chi connectivity index (χ3n) is 6.18. The predicted octanol–water partition coefficient (Wildman–Crippen LogP) is 2.94. The lowest BCUT2D eigenvalue weighted by atomic mass is 9.80. The monoisotopic (exact) mass is 458 g/mol. The fraction of sp³-hybridized carbons (Fsp3) is 0.714. The average Bonchev–Trinajstić information content (AvgIpc) is 3.15. The summed E-state index contributed by atoms with van der Waals surface area (Å²) in [6, 6.07) is 2.12. The number of hydrogen-bond donors (Lipinski definition) is 1. The first-order valence-electron chi connectivity index (χ1n) is 10.9. The maximum absolute atomic E-state index is 13.6. The Morgan fingerprint density at radius 2 is 2.00 bits per heavy atom. The van der Waals surface area contributed by atoms with Crippen molar-refractivity contribution < 1.29 is 22.0 Å². The largest absolute Gasteiger partial charge is 0.353 e. The standard InChI is InChI=1S/C21H32F2N4O3S/c1-5-26(13(2)3)20-18(9-8-14(4)24-20)31(29,30)27-10-6-7-17(27)21(28)25-16-11-15(12-16)19(22)23/h8-9,13,15-17,19H,5-7,10-12H2,1-4H3,(H,25,28)/t15?,16?,17-/m0/s1. The molecule has 31 heavy (non-hydrogen) atoms. The van der Waals surface area contributed by atoms with Crippen LogP contribution in [0.3, 0.4) is 0 Å². The van der Waals surface area contributed by atoms with E-state index in [-0.39, 0.29) is 36.4 Å². The van der Waals surface area contributed by atoms with E-state index >= 15 is 0 Å². The number of pyridine rings is 1. The molecule has 1 saturated heterocycles. The number of carbonyl (C=O) groups excluding carboxylic acids is 1. The summed E-state index contributed by atoms with van der Waals surface area (Å²) in [6.07, 6.45) is -0.945. The molecule has 10 heteroatoms. The Balaban J connectivity index is 1.84. The minimum Gasteiger partial charge on any atom is -0.353 e. The van der Waals surface area contributed by atoms with Crippen molar-refractivity contribution in [3.8, 4) is 0 Å². The van der Waals surface area contributed by atoms with Crippen molar-refractivity contribution in [3.63, 3.8) is 0 Å². The lowest BCUT2D eigenvalue weighted by Crippen LogP contribution is -2.53. The van der Waals surface area contributed by atoms with Crippen molar-refractivity contribution in [2.75, 3.05) is 18.0 Å². The average molecular weight is 459 g/mol. The zero-order chi connectivity index (χ0) is 22.9. The van der Waals surface area contributed by atoms with Crippen molar-refractivity contribution in [1.82, 2.24) is 14.6 Å². The normalized spacial score (nSPS) is 24.5. The molecule has 2 heterocycles. The third kappa shape index (κ3) is 4.84. The second-order valence-corrected chi connectivity index (χ2v) is 10.6. The number of carbonyl (C=O) groups is 1. The van der Waals surface area contributed by atoms with Gasteiger partial charge in [-0.25, -0.2) is 22.2 Å². The molecule has 1 N–H and O–H groups in total. The van der Waals surface area contributed by atoms with Crippen molar-refractivity contribution in [2.45, 2.75) is 82.8 Å². The number of sulfonamides is 1. The first-order valence-corrected chi connectivity index (χ1v) is 12.3. The van der Waals surface area contributed by atoms with E-state index in [2.05, 4.69) is 10.3 Å². The number of alkyl halides is 2. The van der Waals surface area contributed by atoms with E-state index in [0.29, 0.717) is 30.9 Å². The van der Waals surface area contributed by atoms with Crippen LogP contribution in [0.5, 0.6) is 0 Å². The number of aromatic nitrogens is 1. The lowest BCUT2D eigenvalue weighted by molar-refractivity contribution is -0.126. The highest BCUT2D eigenvalue weighted by Gasteiger charge is 2.43. The van der Waals surface area contributed by atoms with Crippen LogP contribution < -0.4 is 10.2 Å². The zero-order valence-corrected chi connectivity index (χ0v) is 19.3. The van der Waals surface area contributed by atoms with Gasteiger partial charge in [-0.15, -0.1) is 0 Å². The first kappa shape index (κ1) is 23.8. The molecule has 1 aliphatic carbocycles. The highest BCUT2D eigenvalue weighted by atomic mass is 32.2. The molecule has 2 fully saturated rings. The van der Waals surface area contributed by atoms with Gasteiger partial charge in [0, 0.05) is 36.8 Å². The fourth-order valence-electron chi connectivity index (χ4n) is 4.40. The smallest absolute Gasteiger partial charge is 0.247 e. The third-order valence-corrected chi connectivity index (χ3v) is 8.11. The summed E-state index contributed by atoms with van der Waals surface area (Å²) in [6.45, 7) is 8.53. The zero-order valence-electron chi connectivity index (χ0n) is 18.5. The molecule has 1 aliphatic heterocycles.